The fourth-order valence-electron chi connectivity index (χ4n) is 5.32. The van der Waals surface area contributed by atoms with E-state index in [1.165, 1.54) is 7.11 Å². The third-order valence-electron chi connectivity index (χ3n) is 8.36. The second kappa shape index (κ2) is 10.5. The molecule has 3 aromatic rings. The number of hydrogen-bond donors (Lipinski definition) is 0. The number of carbonyl (C=O) groups is 1. The van der Waals surface area contributed by atoms with Crippen LogP contribution in [0.15, 0.2) is 24.8 Å². The minimum atomic E-state index is -1.85. The summed E-state index contributed by atoms with van der Waals surface area (Å²) in [6.45, 7) is 24.1. The molecule has 0 saturated carbocycles. The number of aromatic nitrogens is 3. The topological polar surface area (TPSA) is 67.5 Å². The summed E-state index contributed by atoms with van der Waals surface area (Å²) in [4.78, 5) is 13.1. The summed E-state index contributed by atoms with van der Waals surface area (Å²) in [6.07, 6.45) is 2.41. The molecule has 1 aromatic carbocycles. The molecule has 38 heavy (non-hydrogen) atoms. The Morgan fingerprint density at radius 2 is 1.95 bits per heavy atom. The summed E-state index contributed by atoms with van der Waals surface area (Å²) >= 11 is 0. The average molecular weight is 538 g/mol. The zero-order valence-electron chi connectivity index (χ0n) is 24.5. The van der Waals surface area contributed by atoms with Crippen molar-refractivity contribution in [3.8, 4) is 11.1 Å². The summed E-state index contributed by atoms with van der Waals surface area (Å²) in [7, 11) is -0.402. The van der Waals surface area contributed by atoms with Gasteiger partial charge in [0.2, 0.25) is 0 Å². The molecule has 0 radical (unpaired) electrons. The van der Waals surface area contributed by atoms with Crippen molar-refractivity contribution in [2.24, 2.45) is 0 Å². The first-order chi connectivity index (χ1) is 17.8. The number of rotatable bonds is 8. The van der Waals surface area contributed by atoms with Crippen molar-refractivity contribution in [1.82, 2.24) is 14.3 Å². The van der Waals surface area contributed by atoms with E-state index in [4.69, 9.17) is 19.0 Å². The highest BCUT2D eigenvalue weighted by atomic mass is 28.4. The Morgan fingerprint density at radius 1 is 1.24 bits per heavy atom. The van der Waals surface area contributed by atoms with Crippen LogP contribution >= 0.6 is 0 Å². The summed E-state index contributed by atoms with van der Waals surface area (Å²) < 4.78 is 21.9. The maximum absolute atomic E-state index is 13.1. The van der Waals surface area contributed by atoms with Gasteiger partial charge in [-0.15, -0.1) is 6.58 Å². The third-order valence-corrected chi connectivity index (χ3v) is 12.9. The van der Waals surface area contributed by atoms with Crippen molar-refractivity contribution < 1.29 is 18.7 Å². The highest BCUT2D eigenvalue weighted by molar-refractivity contribution is 6.74. The fraction of sp³-hybridized carbons (Fsp3) is 0.533. The second-order valence-electron chi connectivity index (χ2n) is 11.8. The third kappa shape index (κ3) is 4.78. The van der Waals surface area contributed by atoms with E-state index >= 15 is 0 Å². The quantitative estimate of drug-likeness (QED) is 0.136. The van der Waals surface area contributed by atoms with E-state index in [1.54, 1.807) is 0 Å². The lowest BCUT2D eigenvalue weighted by molar-refractivity contribution is 0.0475. The molecule has 0 bridgehead atoms. The summed E-state index contributed by atoms with van der Waals surface area (Å²) in [5.74, 6) is -0.325. The van der Waals surface area contributed by atoms with Gasteiger partial charge >= 0.3 is 5.97 Å². The van der Waals surface area contributed by atoms with Gasteiger partial charge in [-0.25, -0.2) is 4.79 Å². The molecule has 0 saturated heterocycles. The van der Waals surface area contributed by atoms with E-state index in [-0.39, 0.29) is 17.1 Å². The van der Waals surface area contributed by atoms with Crippen molar-refractivity contribution in [1.29, 1.82) is 0 Å². The van der Waals surface area contributed by atoms with Crippen LogP contribution in [0.25, 0.3) is 22.0 Å². The van der Waals surface area contributed by atoms with Crippen molar-refractivity contribution in [2.75, 3.05) is 20.3 Å². The summed E-state index contributed by atoms with van der Waals surface area (Å²) in [5, 5.41) is 6.08. The van der Waals surface area contributed by atoms with Gasteiger partial charge in [0, 0.05) is 29.6 Å². The molecule has 0 spiro atoms. The Labute approximate surface area is 227 Å². The van der Waals surface area contributed by atoms with Crippen LogP contribution in [-0.2, 0) is 27.0 Å². The average Bonchev–Trinajstić information content (AvgIpc) is 3.33. The maximum Gasteiger partial charge on any atom is 0.354 e. The van der Waals surface area contributed by atoms with E-state index in [9.17, 15) is 4.79 Å². The second-order valence-corrected chi connectivity index (χ2v) is 16.6. The van der Waals surface area contributed by atoms with Gasteiger partial charge in [0.05, 0.1) is 31.6 Å². The van der Waals surface area contributed by atoms with Crippen molar-refractivity contribution >= 4 is 25.2 Å². The lowest BCUT2D eigenvalue weighted by Gasteiger charge is -2.36. The standard InChI is InChI=1S/C30H43N3O4Si/c1-11-23-28-26(21(4)31-33(28)16-18-36-23)24-19(2)13-14-22-25(24)20(3)27(29(34)35-8)32(22)15-12-17-37-38(9,10)30(5,6)7/h11,13-14,23H,1,12,15-18H2,2-10H3. The van der Waals surface area contributed by atoms with Gasteiger partial charge in [-0.2, -0.15) is 5.10 Å². The molecule has 206 valence electrons. The molecule has 0 amide bonds. The first kappa shape index (κ1) is 28.3. The lowest BCUT2D eigenvalue weighted by Crippen LogP contribution is -2.41. The number of methoxy groups -OCH3 is 1. The van der Waals surface area contributed by atoms with Crippen molar-refractivity contribution in [2.45, 2.75) is 85.3 Å². The number of hydrogen-bond acceptors (Lipinski definition) is 5. The van der Waals surface area contributed by atoms with Crippen LogP contribution in [0.2, 0.25) is 18.1 Å². The molecular formula is C30H43N3O4Si. The number of carbonyl (C=O) groups excluding carboxylic acids is 1. The normalized spacial score (nSPS) is 16.1. The number of ether oxygens (including phenoxy) is 2. The molecule has 8 heteroatoms. The largest absolute Gasteiger partial charge is 0.464 e. The Hall–Kier alpha value is -2.68. The zero-order valence-corrected chi connectivity index (χ0v) is 25.5. The highest BCUT2D eigenvalue weighted by Gasteiger charge is 2.37. The Bertz CT molecular complexity index is 1380. The van der Waals surface area contributed by atoms with Gasteiger partial charge in [-0.1, -0.05) is 32.9 Å². The molecule has 0 N–H and O–H groups in total. The van der Waals surface area contributed by atoms with Crippen molar-refractivity contribution in [3.63, 3.8) is 0 Å². The molecule has 1 unspecified atom stereocenters. The summed E-state index contributed by atoms with van der Waals surface area (Å²) in [5.41, 5.74) is 7.79. The SMILES string of the molecule is C=CC1OCCn2nc(C)c(-c3c(C)ccc4c3c(C)c(C(=O)OC)n4CCCO[Si](C)(C)C(C)(C)C)c21. The first-order valence-electron chi connectivity index (χ1n) is 13.5. The Balaban J connectivity index is 1.84. The van der Waals surface area contributed by atoms with Gasteiger partial charge in [0.1, 0.15) is 11.8 Å². The van der Waals surface area contributed by atoms with Gasteiger partial charge in [-0.3, -0.25) is 4.68 Å². The molecular weight excluding hydrogens is 494 g/mol. The summed E-state index contributed by atoms with van der Waals surface area (Å²) in [6, 6.07) is 4.26. The molecule has 1 atom stereocenters. The smallest absolute Gasteiger partial charge is 0.354 e. The van der Waals surface area contributed by atoms with Gasteiger partial charge in [0.15, 0.2) is 8.32 Å². The van der Waals surface area contributed by atoms with E-state index in [1.807, 2.05) is 24.6 Å². The van der Waals surface area contributed by atoms with Crippen LogP contribution in [0.5, 0.6) is 0 Å². The monoisotopic (exact) mass is 537 g/mol. The van der Waals surface area contributed by atoms with Crippen LogP contribution in [0.1, 0.15) is 66.3 Å². The maximum atomic E-state index is 13.1. The van der Waals surface area contributed by atoms with Gasteiger partial charge < -0.3 is 18.5 Å². The Morgan fingerprint density at radius 3 is 2.58 bits per heavy atom. The van der Waals surface area contributed by atoms with Crippen LogP contribution in [0.4, 0.5) is 0 Å². The minimum absolute atomic E-state index is 0.156. The van der Waals surface area contributed by atoms with Gasteiger partial charge in [0.25, 0.3) is 0 Å². The van der Waals surface area contributed by atoms with Crippen molar-refractivity contribution in [3.05, 3.63) is 53.0 Å². The predicted molar refractivity (Wildman–Crippen MR) is 155 cm³/mol. The number of esters is 1. The van der Waals surface area contributed by atoms with Crippen LogP contribution in [-0.4, -0.2) is 49.0 Å². The van der Waals surface area contributed by atoms with Gasteiger partial charge in [-0.05, 0) is 68.1 Å². The predicted octanol–water partition coefficient (Wildman–Crippen LogP) is 6.89. The minimum Gasteiger partial charge on any atom is -0.464 e. The zero-order chi connectivity index (χ0) is 28.0. The van der Waals surface area contributed by atoms with E-state index < -0.39 is 8.32 Å². The number of benzene rings is 1. The van der Waals surface area contributed by atoms with E-state index in [2.05, 4.69) is 64.1 Å². The molecule has 4 rings (SSSR count). The number of fused-ring (bicyclic) bond motifs is 2. The molecule has 2 aromatic heterocycles. The number of aryl methyl sites for hydroxylation is 4. The molecule has 7 nitrogen and oxygen atoms in total. The number of nitrogens with zero attached hydrogens (tertiary/aromatic N) is 3. The van der Waals surface area contributed by atoms with Crippen LogP contribution in [0.3, 0.4) is 0 Å². The van der Waals surface area contributed by atoms with Crippen LogP contribution < -0.4 is 0 Å². The molecule has 3 heterocycles. The molecule has 0 aliphatic carbocycles. The lowest BCUT2D eigenvalue weighted by atomic mass is 9.91. The molecule has 0 fully saturated rings. The van der Waals surface area contributed by atoms with Crippen LogP contribution in [0, 0.1) is 20.8 Å². The Kier molecular flexibility index (Phi) is 7.81. The van der Waals surface area contributed by atoms with E-state index in [0.717, 1.165) is 51.0 Å². The fourth-order valence-corrected chi connectivity index (χ4v) is 6.40. The highest BCUT2D eigenvalue weighted by Crippen LogP contribution is 2.43. The first-order valence-corrected chi connectivity index (χ1v) is 16.4. The van der Waals surface area contributed by atoms with E-state index in [0.29, 0.717) is 32.0 Å². The molecule has 1 aliphatic heterocycles. The molecule has 1 aliphatic rings.